The summed E-state index contributed by atoms with van der Waals surface area (Å²) in [6.07, 6.45) is -1.84. The Balaban J connectivity index is 2.93. The van der Waals surface area contributed by atoms with Crippen molar-refractivity contribution >= 4 is 11.8 Å². The van der Waals surface area contributed by atoms with Crippen molar-refractivity contribution in [2.24, 2.45) is 5.73 Å². The van der Waals surface area contributed by atoms with Gasteiger partial charge in [0.1, 0.15) is 0 Å². The molecule has 0 spiro atoms. The highest BCUT2D eigenvalue weighted by Crippen LogP contribution is 2.33. The smallest absolute Gasteiger partial charge is 0.393 e. The number of hydrogen-bond donors (Lipinski definition) is 1. The molecule has 0 bridgehead atoms. The van der Waals surface area contributed by atoms with E-state index in [1.54, 1.807) is 0 Å². The quantitative estimate of drug-likeness (QED) is 0.618. The van der Waals surface area contributed by atoms with Gasteiger partial charge in [0.2, 0.25) is 0 Å². The highest BCUT2D eigenvalue weighted by atomic mass is 32.2. The van der Waals surface area contributed by atoms with Gasteiger partial charge in [0.15, 0.2) is 0 Å². The van der Waals surface area contributed by atoms with Gasteiger partial charge >= 0.3 is 6.18 Å². The molecule has 0 fully saturated rings. The highest BCUT2D eigenvalue weighted by Gasteiger charge is 2.34. The van der Waals surface area contributed by atoms with Crippen LogP contribution in [0.25, 0.3) is 0 Å². The Kier molecular flexibility index (Phi) is 2.17. The van der Waals surface area contributed by atoms with Crippen molar-refractivity contribution in [1.29, 1.82) is 0 Å². The van der Waals surface area contributed by atoms with Crippen LogP contribution >= 0.6 is 11.8 Å². The van der Waals surface area contributed by atoms with Crippen LogP contribution in [0.5, 0.6) is 0 Å². The lowest BCUT2D eigenvalue weighted by Gasteiger charge is -2.13. The van der Waals surface area contributed by atoms with Crippen LogP contribution in [0.4, 0.5) is 13.2 Å². The highest BCUT2D eigenvalue weighted by molar-refractivity contribution is 8.03. The molecule has 0 amide bonds. The van der Waals surface area contributed by atoms with E-state index in [4.69, 9.17) is 5.73 Å². The summed E-state index contributed by atoms with van der Waals surface area (Å²) in [6.45, 7) is 0. The van der Waals surface area contributed by atoms with E-state index in [2.05, 4.69) is 0 Å². The fourth-order valence-corrected chi connectivity index (χ4v) is 1.41. The summed E-state index contributed by atoms with van der Waals surface area (Å²) in [5.41, 5.74) is 4.41. The van der Waals surface area contributed by atoms with Gasteiger partial charge in [-0.15, -0.1) is 11.8 Å². The Morgan fingerprint density at radius 1 is 1.45 bits per heavy atom. The fraction of sp³-hybridized carbons (Fsp3) is 0.333. The molecule has 62 valence electrons. The maximum absolute atomic E-state index is 12.0. The molecule has 0 saturated carbocycles. The van der Waals surface area contributed by atoms with E-state index >= 15 is 0 Å². The average Bonchev–Trinajstić information content (AvgIpc) is 1.86. The monoisotopic (exact) mass is 181 g/mol. The molecule has 1 nitrogen and oxygen atoms in total. The van der Waals surface area contributed by atoms with E-state index in [0.717, 1.165) is 17.8 Å². The summed E-state index contributed by atoms with van der Waals surface area (Å²) in [4.78, 5) is 0. The summed E-state index contributed by atoms with van der Waals surface area (Å²) >= 11 is 1.00. The number of allylic oxidation sites excluding steroid dienone is 2. The maximum Gasteiger partial charge on any atom is 0.418 e. The third-order valence-corrected chi connectivity index (χ3v) is 2.08. The molecule has 0 saturated heterocycles. The van der Waals surface area contributed by atoms with Crippen molar-refractivity contribution in [3.8, 4) is 0 Å². The molecular weight excluding hydrogens is 175 g/mol. The van der Waals surface area contributed by atoms with Gasteiger partial charge in [-0.3, -0.25) is 0 Å². The molecule has 11 heavy (non-hydrogen) atoms. The van der Waals surface area contributed by atoms with Crippen molar-refractivity contribution < 1.29 is 13.2 Å². The largest absolute Gasteiger partial charge is 0.418 e. The minimum absolute atomic E-state index is 0.139. The SMILES string of the molecule is NC1=C(C(F)(F)F)C=CCS1. The van der Waals surface area contributed by atoms with Gasteiger partial charge in [-0.25, -0.2) is 0 Å². The van der Waals surface area contributed by atoms with Gasteiger partial charge in [-0.05, 0) is 0 Å². The Morgan fingerprint density at radius 3 is 2.45 bits per heavy atom. The lowest BCUT2D eigenvalue weighted by Crippen LogP contribution is -2.16. The zero-order chi connectivity index (χ0) is 8.48. The van der Waals surface area contributed by atoms with Crippen molar-refractivity contribution in [1.82, 2.24) is 0 Å². The predicted molar refractivity (Wildman–Crippen MR) is 38.9 cm³/mol. The molecule has 0 aromatic rings. The average molecular weight is 181 g/mol. The van der Waals surface area contributed by atoms with Crippen LogP contribution in [0.15, 0.2) is 22.8 Å². The number of thioether (sulfide) groups is 1. The third-order valence-electron chi connectivity index (χ3n) is 1.19. The summed E-state index contributed by atoms with van der Waals surface area (Å²) in [7, 11) is 0. The van der Waals surface area contributed by atoms with E-state index in [9.17, 15) is 13.2 Å². The first kappa shape index (κ1) is 8.52. The molecule has 1 heterocycles. The Morgan fingerprint density at radius 2 is 2.09 bits per heavy atom. The Bertz CT molecular complexity index is 216. The normalized spacial score (nSPS) is 19.2. The second-order valence-corrected chi connectivity index (χ2v) is 3.05. The van der Waals surface area contributed by atoms with Crippen LogP contribution in [0.1, 0.15) is 0 Å². The summed E-state index contributed by atoms with van der Waals surface area (Å²) in [6, 6.07) is 0. The van der Waals surface area contributed by atoms with Crippen LogP contribution in [0.3, 0.4) is 0 Å². The Hall–Kier alpha value is -0.580. The molecule has 0 atom stereocenters. The standard InChI is InChI=1S/C6H6F3NS/c7-6(8,9)4-2-1-3-11-5(4)10/h1-2H,3,10H2. The van der Waals surface area contributed by atoms with Gasteiger partial charge in [-0.1, -0.05) is 12.2 Å². The summed E-state index contributed by atoms with van der Waals surface area (Å²) in [5.74, 6) is 0.519. The first-order valence-corrected chi connectivity index (χ1v) is 3.86. The fourth-order valence-electron chi connectivity index (χ4n) is 0.698. The number of nitrogens with two attached hydrogens (primary N) is 1. The van der Waals surface area contributed by atoms with E-state index in [-0.39, 0.29) is 5.03 Å². The number of hydrogen-bond acceptors (Lipinski definition) is 2. The van der Waals surface area contributed by atoms with E-state index < -0.39 is 11.7 Å². The number of alkyl halides is 3. The Labute approximate surface area is 66.1 Å². The third kappa shape index (κ3) is 1.92. The molecule has 0 aliphatic carbocycles. The zero-order valence-corrected chi connectivity index (χ0v) is 6.30. The lowest BCUT2D eigenvalue weighted by atomic mass is 10.2. The van der Waals surface area contributed by atoms with Crippen LogP contribution in [-0.4, -0.2) is 11.9 Å². The molecule has 0 unspecified atom stereocenters. The van der Waals surface area contributed by atoms with Crippen molar-refractivity contribution in [2.45, 2.75) is 6.18 Å². The van der Waals surface area contributed by atoms with Crippen LogP contribution in [0.2, 0.25) is 0 Å². The van der Waals surface area contributed by atoms with Crippen molar-refractivity contribution in [3.05, 3.63) is 22.8 Å². The molecule has 1 aliphatic rings. The predicted octanol–water partition coefficient (Wildman–Crippen LogP) is 2.02. The first-order chi connectivity index (χ1) is 5.02. The summed E-state index contributed by atoms with van der Waals surface area (Å²) in [5, 5.41) is -0.139. The molecular formula is C6H6F3NS. The summed E-state index contributed by atoms with van der Waals surface area (Å²) < 4.78 is 36.0. The van der Waals surface area contributed by atoms with Gasteiger partial charge in [0.05, 0.1) is 10.6 Å². The molecule has 5 heteroatoms. The molecule has 0 aromatic heterocycles. The number of halogens is 3. The molecule has 0 radical (unpaired) electrons. The van der Waals surface area contributed by atoms with Crippen molar-refractivity contribution in [3.63, 3.8) is 0 Å². The number of rotatable bonds is 0. The molecule has 1 rings (SSSR count). The topological polar surface area (TPSA) is 26.0 Å². The molecule has 1 aliphatic heterocycles. The molecule has 0 aromatic carbocycles. The van der Waals surface area contributed by atoms with Crippen LogP contribution in [0, 0.1) is 0 Å². The molecule has 2 N–H and O–H groups in total. The second kappa shape index (κ2) is 2.81. The van der Waals surface area contributed by atoms with E-state index in [0.29, 0.717) is 5.75 Å². The minimum Gasteiger partial charge on any atom is -0.393 e. The second-order valence-electron chi connectivity index (χ2n) is 1.99. The van der Waals surface area contributed by atoms with Crippen LogP contribution in [-0.2, 0) is 0 Å². The van der Waals surface area contributed by atoms with Gasteiger partial charge in [-0.2, -0.15) is 13.2 Å². The van der Waals surface area contributed by atoms with Gasteiger partial charge in [0, 0.05) is 5.75 Å². The van der Waals surface area contributed by atoms with Gasteiger partial charge < -0.3 is 5.73 Å². The van der Waals surface area contributed by atoms with Crippen molar-refractivity contribution in [2.75, 3.05) is 5.75 Å². The maximum atomic E-state index is 12.0. The first-order valence-electron chi connectivity index (χ1n) is 2.88. The van der Waals surface area contributed by atoms with Gasteiger partial charge in [0.25, 0.3) is 0 Å². The zero-order valence-electron chi connectivity index (χ0n) is 5.48. The minimum atomic E-state index is -4.31. The van der Waals surface area contributed by atoms with Crippen LogP contribution < -0.4 is 5.73 Å². The van der Waals surface area contributed by atoms with E-state index in [1.807, 2.05) is 0 Å². The lowest BCUT2D eigenvalue weighted by molar-refractivity contribution is -0.0886. The van der Waals surface area contributed by atoms with E-state index in [1.165, 1.54) is 6.08 Å².